The van der Waals surface area contributed by atoms with Gasteiger partial charge in [-0.15, -0.1) is 0 Å². The first-order chi connectivity index (χ1) is 7.85. The zero-order chi connectivity index (χ0) is 13.1. The Labute approximate surface area is 104 Å². The topological polar surface area (TPSA) is 52.6 Å². The van der Waals surface area contributed by atoms with Gasteiger partial charge in [-0.3, -0.25) is 10.1 Å². The Hall–Kier alpha value is -0.610. The summed E-state index contributed by atoms with van der Waals surface area (Å²) < 4.78 is 0. The second-order valence-electron chi connectivity index (χ2n) is 5.79. The van der Waals surface area contributed by atoms with E-state index in [1.165, 1.54) is 25.7 Å². The van der Waals surface area contributed by atoms with Gasteiger partial charge >= 0.3 is 5.97 Å². The lowest BCUT2D eigenvalue weighted by Gasteiger charge is -2.35. The highest BCUT2D eigenvalue weighted by atomic mass is 16.4. The van der Waals surface area contributed by atoms with Crippen molar-refractivity contribution in [2.24, 2.45) is 0 Å². The lowest BCUT2D eigenvalue weighted by atomic mass is 9.99. The molecule has 1 fully saturated rings. The molecule has 1 unspecified atom stereocenters. The Balaban J connectivity index is 2.61. The lowest BCUT2D eigenvalue weighted by molar-refractivity contribution is -0.145. The molecule has 1 aliphatic rings. The third kappa shape index (κ3) is 3.96. The molecule has 0 amide bonds. The Bertz CT molecular complexity index is 262. The number of carbonyl (C=O) groups is 1. The first-order valence-corrected chi connectivity index (χ1v) is 6.56. The van der Waals surface area contributed by atoms with Crippen LogP contribution in [0.25, 0.3) is 0 Å². The second kappa shape index (κ2) is 5.83. The van der Waals surface area contributed by atoms with Crippen LogP contribution in [0.5, 0.6) is 0 Å². The van der Waals surface area contributed by atoms with E-state index in [2.05, 4.69) is 10.2 Å². The number of rotatable bonds is 6. The van der Waals surface area contributed by atoms with Gasteiger partial charge < -0.3 is 10.0 Å². The molecule has 1 atom stereocenters. The number of carboxylic acids is 1. The summed E-state index contributed by atoms with van der Waals surface area (Å²) >= 11 is 0. The number of hydrogen-bond acceptors (Lipinski definition) is 3. The minimum atomic E-state index is -0.856. The van der Waals surface area contributed by atoms with Gasteiger partial charge in [-0.05, 0) is 40.7 Å². The number of carboxylic acid groups (broad SMARTS) is 1. The average molecular weight is 242 g/mol. The van der Waals surface area contributed by atoms with Gasteiger partial charge in [0.2, 0.25) is 0 Å². The van der Waals surface area contributed by atoms with Crippen LogP contribution in [0.4, 0.5) is 0 Å². The van der Waals surface area contributed by atoms with Gasteiger partial charge in [0.25, 0.3) is 0 Å². The molecule has 0 aromatic heterocycles. The van der Waals surface area contributed by atoms with Crippen LogP contribution >= 0.6 is 0 Å². The highest BCUT2D eigenvalue weighted by molar-refractivity contribution is 5.78. The van der Waals surface area contributed by atoms with Crippen molar-refractivity contribution in [2.45, 2.75) is 64.1 Å². The third-order valence-corrected chi connectivity index (χ3v) is 3.59. The van der Waals surface area contributed by atoms with Crippen LogP contribution in [0, 0.1) is 0 Å². The highest BCUT2D eigenvalue weighted by Gasteiger charge is 2.36. The number of nitrogens with zero attached hydrogens (tertiary/aromatic N) is 1. The maximum atomic E-state index is 11.4. The van der Waals surface area contributed by atoms with E-state index in [4.69, 9.17) is 0 Å². The zero-order valence-corrected chi connectivity index (χ0v) is 11.5. The summed E-state index contributed by atoms with van der Waals surface area (Å²) in [7, 11) is 2.04. The first-order valence-electron chi connectivity index (χ1n) is 6.56. The molecule has 2 N–H and O–H groups in total. The Morgan fingerprint density at radius 2 is 2.00 bits per heavy atom. The van der Waals surface area contributed by atoms with Crippen molar-refractivity contribution in [1.82, 2.24) is 10.2 Å². The molecule has 0 heterocycles. The molecule has 1 rings (SSSR count). The van der Waals surface area contributed by atoms with E-state index in [-0.39, 0.29) is 6.04 Å². The van der Waals surface area contributed by atoms with Gasteiger partial charge in [-0.2, -0.15) is 0 Å². The van der Waals surface area contributed by atoms with E-state index in [1.807, 2.05) is 20.9 Å². The SMILES string of the molecule is CC(C)NC(C)(CN(C)C1CCCC1)C(=O)O. The molecule has 100 valence electrons. The predicted molar refractivity (Wildman–Crippen MR) is 69.2 cm³/mol. The van der Waals surface area contributed by atoms with E-state index in [9.17, 15) is 9.90 Å². The summed E-state index contributed by atoms with van der Waals surface area (Å²) in [6.07, 6.45) is 4.95. The van der Waals surface area contributed by atoms with Crippen LogP contribution in [-0.2, 0) is 4.79 Å². The van der Waals surface area contributed by atoms with E-state index < -0.39 is 11.5 Å². The van der Waals surface area contributed by atoms with Crippen LogP contribution in [0.3, 0.4) is 0 Å². The highest BCUT2D eigenvalue weighted by Crippen LogP contribution is 2.23. The molecule has 0 bridgehead atoms. The van der Waals surface area contributed by atoms with E-state index in [0.717, 1.165) is 0 Å². The molecular formula is C13H26N2O2. The molecule has 4 nitrogen and oxygen atoms in total. The minimum absolute atomic E-state index is 0.174. The number of hydrogen-bond donors (Lipinski definition) is 2. The standard InChI is InChI=1S/C13H26N2O2/c1-10(2)14-13(3,12(16)17)9-15(4)11-7-5-6-8-11/h10-11,14H,5-9H2,1-4H3,(H,16,17). The quantitative estimate of drug-likeness (QED) is 0.744. The van der Waals surface area contributed by atoms with Gasteiger partial charge in [-0.25, -0.2) is 0 Å². The van der Waals surface area contributed by atoms with Crippen molar-refractivity contribution in [3.05, 3.63) is 0 Å². The van der Waals surface area contributed by atoms with Crippen LogP contribution in [0.15, 0.2) is 0 Å². The molecule has 0 spiro atoms. The summed E-state index contributed by atoms with van der Waals surface area (Å²) in [5.74, 6) is -0.768. The van der Waals surface area contributed by atoms with Crippen LogP contribution in [0.1, 0.15) is 46.5 Å². The first kappa shape index (κ1) is 14.5. The van der Waals surface area contributed by atoms with Gasteiger partial charge in [0.05, 0.1) is 0 Å². The second-order valence-corrected chi connectivity index (χ2v) is 5.79. The van der Waals surface area contributed by atoms with Crippen molar-refractivity contribution in [2.75, 3.05) is 13.6 Å². The largest absolute Gasteiger partial charge is 0.480 e. The molecule has 0 aromatic rings. The van der Waals surface area contributed by atoms with Crippen molar-refractivity contribution in [1.29, 1.82) is 0 Å². The average Bonchev–Trinajstić information content (AvgIpc) is 2.68. The summed E-state index contributed by atoms with van der Waals surface area (Å²) in [6.45, 7) is 6.31. The Morgan fingerprint density at radius 1 is 1.47 bits per heavy atom. The van der Waals surface area contributed by atoms with Crippen molar-refractivity contribution >= 4 is 5.97 Å². The smallest absolute Gasteiger partial charge is 0.324 e. The fourth-order valence-electron chi connectivity index (χ4n) is 2.79. The van der Waals surface area contributed by atoms with Gasteiger partial charge in [0, 0.05) is 18.6 Å². The fourth-order valence-corrected chi connectivity index (χ4v) is 2.79. The van der Waals surface area contributed by atoms with Gasteiger partial charge in [0.1, 0.15) is 5.54 Å². The number of likely N-dealkylation sites (N-methyl/N-ethyl adjacent to an activating group) is 1. The van der Waals surface area contributed by atoms with Crippen molar-refractivity contribution in [3.8, 4) is 0 Å². The summed E-state index contributed by atoms with van der Waals surface area (Å²) in [6, 6.07) is 0.732. The molecule has 0 saturated heterocycles. The molecule has 0 aromatic carbocycles. The molecule has 0 aliphatic heterocycles. The van der Waals surface area contributed by atoms with Crippen LogP contribution < -0.4 is 5.32 Å². The van der Waals surface area contributed by atoms with E-state index in [1.54, 1.807) is 6.92 Å². The van der Waals surface area contributed by atoms with Gasteiger partial charge in [-0.1, -0.05) is 12.8 Å². The fraction of sp³-hybridized carbons (Fsp3) is 0.923. The summed E-state index contributed by atoms with van der Waals surface area (Å²) in [5.41, 5.74) is -0.856. The van der Waals surface area contributed by atoms with Crippen molar-refractivity contribution in [3.63, 3.8) is 0 Å². The Morgan fingerprint density at radius 3 is 2.41 bits per heavy atom. The molecule has 1 aliphatic carbocycles. The zero-order valence-electron chi connectivity index (χ0n) is 11.5. The molecule has 1 saturated carbocycles. The van der Waals surface area contributed by atoms with Crippen molar-refractivity contribution < 1.29 is 9.90 Å². The Kier molecular flexibility index (Phi) is 4.95. The summed E-state index contributed by atoms with van der Waals surface area (Å²) in [5, 5.41) is 12.6. The molecule has 4 heteroatoms. The van der Waals surface area contributed by atoms with E-state index in [0.29, 0.717) is 12.6 Å². The molecule has 17 heavy (non-hydrogen) atoms. The maximum Gasteiger partial charge on any atom is 0.324 e. The number of nitrogens with one attached hydrogen (secondary N) is 1. The van der Waals surface area contributed by atoms with E-state index >= 15 is 0 Å². The maximum absolute atomic E-state index is 11.4. The summed E-state index contributed by atoms with van der Waals surface area (Å²) in [4.78, 5) is 13.6. The predicted octanol–water partition coefficient (Wildman–Crippen LogP) is 1.70. The lowest BCUT2D eigenvalue weighted by Crippen LogP contribution is -2.59. The molecule has 0 radical (unpaired) electrons. The minimum Gasteiger partial charge on any atom is -0.480 e. The monoisotopic (exact) mass is 242 g/mol. The normalized spacial score (nSPS) is 21.1. The number of aliphatic carboxylic acids is 1. The third-order valence-electron chi connectivity index (χ3n) is 3.59. The molecular weight excluding hydrogens is 216 g/mol. The van der Waals surface area contributed by atoms with Gasteiger partial charge in [0.15, 0.2) is 0 Å². The van der Waals surface area contributed by atoms with Crippen LogP contribution in [-0.4, -0.2) is 47.2 Å². The van der Waals surface area contributed by atoms with Crippen LogP contribution in [0.2, 0.25) is 0 Å².